The van der Waals surface area contributed by atoms with Gasteiger partial charge in [0.1, 0.15) is 5.69 Å². The van der Waals surface area contributed by atoms with Crippen LogP contribution in [0.3, 0.4) is 0 Å². The molecule has 0 aliphatic heterocycles. The second-order valence-corrected chi connectivity index (χ2v) is 4.28. The average molecular weight is 287 g/mol. The molecule has 0 aliphatic rings. The van der Waals surface area contributed by atoms with E-state index in [9.17, 15) is 19.5 Å². The van der Waals surface area contributed by atoms with E-state index in [1.807, 2.05) is 0 Å². The molecule has 1 aromatic carbocycles. The smallest absolute Gasteiger partial charge is 0.337 e. The molecule has 21 heavy (non-hydrogen) atoms. The number of carboxylic acid groups (broad SMARTS) is 1. The summed E-state index contributed by atoms with van der Waals surface area (Å²) in [6.45, 7) is 1.32. The zero-order valence-electron chi connectivity index (χ0n) is 11.1. The summed E-state index contributed by atoms with van der Waals surface area (Å²) in [7, 11) is 0. The predicted molar refractivity (Wildman–Crippen MR) is 76.5 cm³/mol. The van der Waals surface area contributed by atoms with Gasteiger partial charge in [-0.1, -0.05) is 0 Å². The Morgan fingerprint density at radius 1 is 1.14 bits per heavy atom. The Morgan fingerprint density at radius 2 is 1.90 bits per heavy atom. The molecule has 0 unspecified atom stereocenters. The summed E-state index contributed by atoms with van der Waals surface area (Å²) in [4.78, 5) is 36.9. The van der Waals surface area contributed by atoms with Crippen LogP contribution in [0.2, 0.25) is 0 Å². The first-order valence-corrected chi connectivity index (χ1v) is 6.07. The Hall–Kier alpha value is -3.09. The number of hydrogen-bond acceptors (Lipinski definition) is 3. The Bertz CT molecular complexity index is 692. The van der Waals surface area contributed by atoms with Crippen LogP contribution in [0.15, 0.2) is 36.5 Å². The van der Waals surface area contributed by atoms with Crippen molar-refractivity contribution in [3.05, 3.63) is 47.8 Å². The minimum atomic E-state index is -1.20. The number of aromatic carboxylic acids is 1. The molecule has 0 saturated heterocycles. The van der Waals surface area contributed by atoms with Crippen molar-refractivity contribution in [1.82, 2.24) is 4.98 Å². The van der Waals surface area contributed by atoms with E-state index in [0.717, 1.165) is 0 Å². The first-order chi connectivity index (χ1) is 9.97. The fourth-order valence-corrected chi connectivity index (χ4v) is 1.77. The molecular weight excluding hydrogens is 274 g/mol. The maximum atomic E-state index is 11.9. The van der Waals surface area contributed by atoms with Gasteiger partial charge >= 0.3 is 5.97 Å². The molecule has 0 aliphatic carbocycles. The molecule has 2 amide bonds. The molecule has 0 bridgehead atoms. The first kappa shape index (κ1) is 14.3. The summed E-state index contributed by atoms with van der Waals surface area (Å²) >= 11 is 0. The van der Waals surface area contributed by atoms with E-state index in [0.29, 0.717) is 11.4 Å². The monoisotopic (exact) mass is 287 g/mol. The van der Waals surface area contributed by atoms with Crippen molar-refractivity contribution in [2.24, 2.45) is 0 Å². The lowest BCUT2D eigenvalue weighted by atomic mass is 10.1. The molecule has 7 nitrogen and oxygen atoms in total. The highest BCUT2D eigenvalue weighted by Gasteiger charge is 2.15. The molecule has 1 aromatic heterocycles. The molecule has 2 aromatic rings. The van der Waals surface area contributed by atoms with Gasteiger partial charge in [-0.05, 0) is 30.3 Å². The van der Waals surface area contributed by atoms with Crippen molar-refractivity contribution >= 4 is 29.2 Å². The number of nitrogens with one attached hydrogen (secondary N) is 3. The second-order valence-electron chi connectivity index (χ2n) is 4.28. The van der Waals surface area contributed by atoms with Gasteiger partial charge in [-0.2, -0.15) is 0 Å². The van der Waals surface area contributed by atoms with Crippen molar-refractivity contribution in [3.63, 3.8) is 0 Å². The highest BCUT2D eigenvalue weighted by Crippen LogP contribution is 2.21. The third kappa shape index (κ3) is 3.47. The van der Waals surface area contributed by atoms with E-state index in [4.69, 9.17) is 0 Å². The van der Waals surface area contributed by atoms with Crippen LogP contribution >= 0.6 is 0 Å². The van der Waals surface area contributed by atoms with E-state index >= 15 is 0 Å². The van der Waals surface area contributed by atoms with Gasteiger partial charge in [-0.15, -0.1) is 0 Å². The Morgan fingerprint density at radius 3 is 2.48 bits per heavy atom. The largest absolute Gasteiger partial charge is 0.478 e. The maximum Gasteiger partial charge on any atom is 0.337 e. The van der Waals surface area contributed by atoms with Crippen LogP contribution < -0.4 is 10.6 Å². The van der Waals surface area contributed by atoms with Crippen LogP contribution in [-0.2, 0) is 4.79 Å². The summed E-state index contributed by atoms with van der Waals surface area (Å²) in [5.41, 5.74) is 0.701. The maximum absolute atomic E-state index is 11.9. The van der Waals surface area contributed by atoms with Gasteiger partial charge in [0.2, 0.25) is 5.91 Å². The lowest BCUT2D eigenvalue weighted by Gasteiger charge is -2.10. The number of aromatic nitrogens is 1. The normalized spacial score (nSPS) is 9.95. The van der Waals surface area contributed by atoms with E-state index in [-0.39, 0.29) is 17.2 Å². The average Bonchev–Trinajstić information content (AvgIpc) is 2.93. The van der Waals surface area contributed by atoms with Crippen LogP contribution in [0.4, 0.5) is 11.4 Å². The highest BCUT2D eigenvalue weighted by atomic mass is 16.4. The van der Waals surface area contributed by atoms with Crippen molar-refractivity contribution in [1.29, 1.82) is 0 Å². The third-order valence-corrected chi connectivity index (χ3v) is 2.66. The van der Waals surface area contributed by atoms with E-state index in [1.54, 1.807) is 18.3 Å². The summed E-state index contributed by atoms with van der Waals surface area (Å²) in [6, 6.07) is 7.45. The third-order valence-electron chi connectivity index (χ3n) is 2.66. The number of hydrogen-bond donors (Lipinski definition) is 4. The number of benzene rings is 1. The summed E-state index contributed by atoms with van der Waals surface area (Å²) < 4.78 is 0. The van der Waals surface area contributed by atoms with Crippen molar-refractivity contribution in [2.75, 3.05) is 10.6 Å². The molecule has 2 rings (SSSR count). The van der Waals surface area contributed by atoms with Crippen LogP contribution in [-0.4, -0.2) is 27.9 Å². The van der Waals surface area contributed by atoms with Gasteiger partial charge in [0.25, 0.3) is 5.91 Å². The number of anilines is 2. The number of amides is 2. The number of rotatable bonds is 4. The minimum Gasteiger partial charge on any atom is -0.478 e. The Kier molecular flexibility index (Phi) is 4.03. The Balaban J connectivity index is 2.28. The molecule has 4 N–H and O–H groups in total. The molecule has 7 heteroatoms. The molecule has 0 saturated carbocycles. The van der Waals surface area contributed by atoms with Crippen LogP contribution in [0.25, 0.3) is 0 Å². The second kappa shape index (κ2) is 5.91. The zero-order chi connectivity index (χ0) is 15.4. The zero-order valence-corrected chi connectivity index (χ0v) is 11.1. The fourth-order valence-electron chi connectivity index (χ4n) is 1.77. The quantitative estimate of drug-likeness (QED) is 0.688. The van der Waals surface area contributed by atoms with Gasteiger partial charge in [0.05, 0.1) is 11.3 Å². The minimum absolute atomic E-state index is 0.110. The van der Waals surface area contributed by atoms with E-state index in [1.165, 1.54) is 25.1 Å². The molecular formula is C14H13N3O4. The van der Waals surface area contributed by atoms with Crippen LogP contribution in [0.1, 0.15) is 27.8 Å². The topological polar surface area (TPSA) is 111 Å². The standard InChI is InChI=1S/C14H13N3O4/c1-8(18)16-9-4-5-11(10(7-9)14(20)21)17-13(19)12-3-2-6-15-12/h2-7,15H,1H3,(H,16,18)(H,17,19)(H,20,21). The number of H-pyrrole nitrogens is 1. The molecule has 0 atom stereocenters. The number of aromatic amines is 1. The predicted octanol–water partition coefficient (Wildman–Crippen LogP) is 1.92. The number of carbonyl (C=O) groups excluding carboxylic acids is 2. The van der Waals surface area contributed by atoms with E-state index in [2.05, 4.69) is 15.6 Å². The number of carbonyl (C=O) groups is 3. The summed E-state index contributed by atoms with van der Waals surface area (Å²) in [5.74, 6) is -1.96. The number of carboxylic acids is 1. The van der Waals surface area contributed by atoms with Gasteiger partial charge in [-0.25, -0.2) is 4.79 Å². The highest BCUT2D eigenvalue weighted by molar-refractivity contribution is 6.07. The molecule has 0 radical (unpaired) electrons. The SMILES string of the molecule is CC(=O)Nc1ccc(NC(=O)c2ccc[nH]2)c(C(=O)O)c1. The van der Waals surface area contributed by atoms with E-state index < -0.39 is 11.9 Å². The van der Waals surface area contributed by atoms with Crippen molar-refractivity contribution in [2.45, 2.75) is 6.92 Å². The van der Waals surface area contributed by atoms with Gasteiger partial charge < -0.3 is 20.7 Å². The lowest BCUT2D eigenvalue weighted by Crippen LogP contribution is -2.15. The molecule has 0 spiro atoms. The first-order valence-electron chi connectivity index (χ1n) is 6.07. The van der Waals surface area contributed by atoms with Crippen molar-refractivity contribution in [3.8, 4) is 0 Å². The van der Waals surface area contributed by atoms with Crippen molar-refractivity contribution < 1.29 is 19.5 Å². The lowest BCUT2D eigenvalue weighted by molar-refractivity contribution is -0.114. The van der Waals surface area contributed by atoms with Gasteiger partial charge in [-0.3, -0.25) is 9.59 Å². The molecule has 108 valence electrons. The fraction of sp³-hybridized carbons (Fsp3) is 0.0714. The van der Waals surface area contributed by atoms with Gasteiger partial charge in [0.15, 0.2) is 0 Å². The van der Waals surface area contributed by atoms with Gasteiger partial charge in [0, 0.05) is 18.8 Å². The summed E-state index contributed by atoms with van der Waals surface area (Å²) in [6.07, 6.45) is 1.59. The van der Waals surface area contributed by atoms with Crippen LogP contribution in [0.5, 0.6) is 0 Å². The van der Waals surface area contributed by atoms with Crippen LogP contribution in [0, 0.1) is 0 Å². The summed E-state index contributed by atoms with van der Waals surface area (Å²) in [5, 5.41) is 14.2. The molecule has 0 fully saturated rings. The Labute approximate surface area is 120 Å². The molecule has 1 heterocycles.